The van der Waals surface area contributed by atoms with E-state index in [0.29, 0.717) is 37.3 Å². The summed E-state index contributed by atoms with van der Waals surface area (Å²) in [6.45, 7) is 1.12. The molecule has 0 saturated carbocycles. The molecule has 2 aliphatic heterocycles. The van der Waals surface area contributed by atoms with Crippen LogP contribution in [0.1, 0.15) is 53.1 Å². The van der Waals surface area contributed by atoms with E-state index in [0.717, 1.165) is 25.7 Å². The minimum atomic E-state index is -0.290. The molecule has 2 bridgehead atoms. The van der Waals surface area contributed by atoms with Gasteiger partial charge in [-0.3, -0.25) is 4.79 Å². The lowest BCUT2D eigenvalue weighted by molar-refractivity contribution is 0.0704. The van der Waals surface area contributed by atoms with Crippen LogP contribution in [0.5, 0.6) is 0 Å². The molecule has 2 atom stereocenters. The van der Waals surface area contributed by atoms with Crippen molar-refractivity contribution in [2.75, 3.05) is 19.7 Å². The fourth-order valence-corrected chi connectivity index (χ4v) is 6.36. The number of piperidine rings is 1. The lowest BCUT2D eigenvalue weighted by Gasteiger charge is -2.37. The molecule has 3 aromatic carbocycles. The van der Waals surface area contributed by atoms with Crippen LogP contribution in [0.15, 0.2) is 78.9 Å². The van der Waals surface area contributed by atoms with Crippen molar-refractivity contribution in [1.82, 2.24) is 15.5 Å². The van der Waals surface area contributed by atoms with Gasteiger partial charge >= 0.3 is 6.09 Å². The average Bonchev–Trinajstić information content (AvgIpc) is 3.45. The Labute approximate surface area is 218 Å². The number of rotatable bonds is 7. The molecular weight excluding hydrogens is 462 g/mol. The third-order valence-electron chi connectivity index (χ3n) is 8.13. The van der Waals surface area contributed by atoms with Crippen molar-refractivity contribution in [3.05, 3.63) is 95.6 Å². The summed E-state index contributed by atoms with van der Waals surface area (Å²) in [6, 6.07) is 27.0. The van der Waals surface area contributed by atoms with E-state index >= 15 is 0 Å². The summed E-state index contributed by atoms with van der Waals surface area (Å²) >= 11 is 0. The molecule has 0 aromatic heterocycles. The van der Waals surface area contributed by atoms with Crippen LogP contribution in [0.25, 0.3) is 11.1 Å². The van der Waals surface area contributed by atoms with E-state index in [4.69, 9.17) is 4.74 Å². The molecule has 3 aromatic rings. The smallest absolute Gasteiger partial charge is 0.410 e. The standard InChI is InChI=1S/C31H33N3O3/c35-30(21-8-2-1-3-9-21)32-16-17-34(24-18-22-14-15-23(19-24)33-22)31(36)37-20-29-27-12-6-4-10-25(27)26-11-5-7-13-28(26)29/h1-13,22-24,29,33H,14-20H2,(H,32,35). The molecule has 2 fully saturated rings. The fraction of sp³-hybridized carbons (Fsp3) is 0.355. The molecule has 37 heavy (non-hydrogen) atoms. The fourth-order valence-electron chi connectivity index (χ4n) is 6.36. The first-order valence-electron chi connectivity index (χ1n) is 13.4. The van der Waals surface area contributed by atoms with Crippen molar-refractivity contribution < 1.29 is 14.3 Å². The molecule has 2 unspecified atom stereocenters. The SMILES string of the molecule is O=C(NCCN(C(=O)OCC1c2ccccc2-c2ccccc21)C1CC2CCC(C1)N2)c1ccccc1. The molecule has 2 N–H and O–H groups in total. The molecule has 6 rings (SSSR count). The van der Waals surface area contributed by atoms with Gasteiger partial charge in [-0.2, -0.15) is 0 Å². The predicted molar refractivity (Wildman–Crippen MR) is 144 cm³/mol. The summed E-state index contributed by atoms with van der Waals surface area (Å²) in [4.78, 5) is 28.0. The second-order valence-electron chi connectivity index (χ2n) is 10.4. The predicted octanol–water partition coefficient (Wildman–Crippen LogP) is 4.95. The molecule has 2 heterocycles. The Kier molecular flexibility index (Phi) is 6.66. The summed E-state index contributed by atoms with van der Waals surface area (Å²) in [5.41, 5.74) is 5.47. The van der Waals surface area contributed by atoms with Gasteiger partial charge in [0, 0.05) is 42.7 Å². The Morgan fingerprint density at radius 3 is 2.08 bits per heavy atom. The molecule has 2 saturated heterocycles. The minimum absolute atomic E-state index is 0.0280. The Morgan fingerprint density at radius 2 is 1.43 bits per heavy atom. The van der Waals surface area contributed by atoms with E-state index < -0.39 is 0 Å². The Hall–Kier alpha value is -3.64. The number of amides is 2. The van der Waals surface area contributed by atoms with E-state index in [2.05, 4.69) is 47.0 Å². The van der Waals surface area contributed by atoms with Crippen molar-refractivity contribution in [2.45, 2.75) is 49.7 Å². The maximum Gasteiger partial charge on any atom is 0.410 e. The second-order valence-corrected chi connectivity index (χ2v) is 10.4. The molecule has 0 radical (unpaired) electrons. The van der Waals surface area contributed by atoms with E-state index in [1.165, 1.54) is 22.3 Å². The number of ether oxygens (including phenoxy) is 1. The second kappa shape index (κ2) is 10.4. The van der Waals surface area contributed by atoms with Gasteiger partial charge in [0.25, 0.3) is 5.91 Å². The maximum absolute atomic E-state index is 13.6. The largest absolute Gasteiger partial charge is 0.448 e. The highest BCUT2D eigenvalue weighted by atomic mass is 16.6. The zero-order valence-corrected chi connectivity index (χ0v) is 20.9. The Morgan fingerprint density at radius 1 is 0.838 bits per heavy atom. The molecule has 190 valence electrons. The molecule has 3 aliphatic rings. The number of nitrogens with one attached hydrogen (secondary N) is 2. The molecule has 6 heteroatoms. The summed E-state index contributed by atoms with van der Waals surface area (Å²) in [7, 11) is 0. The van der Waals surface area contributed by atoms with E-state index in [9.17, 15) is 9.59 Å². The third kappa shape index (κ3) is 4.86. The first-order chi connectivity index (χ1) is 18.2. The van der Waals surface area contributed by atoms with E-state index in [1.807, 2.05) is 35.2 Å². The van der Waals surface area contributed by atoms with Crippen LogP contribution in [0.3, 0.4) is 0 Å². The number of benzene rings is 3. The van der Waals surface area contributed by atoms with Gasteiger partial charge in [0.1, 0.15) is 6.61 Å². The minimum Gasteiger partial charge on any atom is -0.448 e. The Balaban J connectivity index is 1.15. The van der Waals surface area contributed by atoms with Gasteiger partial charge in [-0.1, -0.05) is 66.7 Å². The quantitative estimate of drug-likeness (QED) is 0.487. The van der Waals surface area contributed by atoms with E-state index in [1.54, 1.807) is 12.1 Å². The van der Waals surface area contributed by atoms with Crippen molar-refractivity contribution >= 4 is 12.0 Å². The zero-order chi connectivity index (χ0) is 25.2. The van der Waals surface area contributed by atoms with Crippen LogP contribution < -0.4 is 10.6 Å². The normalized spacial score (nSPS) is 21.7. The molecule has 6 nitrogen and oxygen atoms in total. The monoisotopic (exact) mass is 495 g/mol. The first kappa shape index (κ1) is 23.7. The van der Waals surface area contributed by atoms with Crippen LogP contribution >= 0.6 is 0 Å². The van der Waals surface area contributed by atoms with Gasteiger partial charge in [0.05, 0.1) is 0 Å². The van der Waals surface area contributed by atoms with Crippen molar-refractivity contribution in [1.29, 1.82) is 0 Å². The lowest BCUT2D eigenvalue weighted by atomic mass is 9.98. The third-order valence-corrected chi connectivity index (χ3v) is 8.13. The molecule has 0 spiro atoms. The number of nitrogens with zero attached hydrogens (tertiary/aromatic N) is 1. The number of hydrogen-bond acceptors (Lipinski definition) is 4. The summed E-state index contributed by atoms with van der Waals surface area (Å²) in [6.07, 6.45) is 3.87. The number of carbonyl (C=O) groups excluding carboxylic acids is 2. The zero-order valence-electron chi connectivity index (χ0n) is 20.9. The highest BCUT2D eigenvalue weighted by molar-refractivity contribution is 5.94. The highest BCUT2D eigenvalue weighted by Crippen LogP contribution is 2.44. The van der Waals surface area contributed by atoms with Gasteiger partial charge in [-0.15, -0.1) is 0 Å². The summed E-state index contributed by atoms with van der Waals surface area (Å²) in [5.74, 6) is -0.0985. The molecular formula is C31H33N3O3. The van der Waals surface area contributed by atoms with Crippen LogP contribution in [0, 0.1) is 0 Å². The van der Waals surface area contributed by atoms with Crippen molar-refractivity contribution in [3.63, 3.8) is 0 Å². The van der Waals surface area contributed by atoms with Crippen LogP contribution in [0.2, 0.25) is 0 Å². The van der Waals surface area contributed by atoms with Gasteiger partial charge < -0.3 is 20.3 Å². The van der Waals surface area contributed by atoms with Crippen LogP contribution in [0.4, 0.5) is 4.79 Å². The summed E-state index contributed by atoms with van der Waals surface area (Å²) < 4.78 is 6.04. The lowest BCUT2D eigenvalue weighted by Crippen LogP contribution is -2.52. The van der Waals surface area contributed by atoms with Crippen molar-refractivity contribution in [3.8, 4) is 11.1 Å². The van der Waals surface area contributed by atoms with Gasteiger partial charge in [-0.25, -0.2) is 4.79 Å². The number of carbonyl (C=O) groups is 2. The number of hydrogen-bond donors (Lipinski definition) is 2. The number of fused-ring (bicyclic) bond motifs is 5. The Bertz CT molecular complexity index is 1220. The topological polar surface area (TPSA) is 70.7 Å². The van der Waals surface area contributed by atoms with Gasteiger partial charge in [-0.05, 0) is 60.1 Å². The molecule has 2 amide bonds. The maximum atomic E-state index is 13.6. The molecule has 1 aliphatic carbocycles. The summed E-state index contributed by atoms with van der Waals surface area (Å²) in [5, 5.41) is 6.64. The first-order valence-corrected chi connectivity index (χ1v) is 13.4. The van der Waals surface area contributed by atoms with Crippen LogP contribution in [-0.2, 0) is 4.74 Å². The van der Waals surface area contributed by atoms with Crippen molar-refractivity contribution in [2.24, 2.45) is 0 Å². The average molecular weight is 496 g/mol. The van der Waals surface area contributed by atoms with Gasteiger partial charge in [0.15, 0.2) is 0 Å². The van der Waals surface area contributed by atoms with Crippen LogP contribution in [-0.4, -0.2) is 54.7 Å². The highest BCUT2D eigenvalue weighted by Gasteiger charge is 2.38. The van der Waals surface area contributed by atoms with E-state index in [-0.39, 0.29) is 24.0 Å². The van der Waals surface area contributed by atoms with Gasteiger partial charge in [0.2, 0.25) is 0 Å².